The monoisotopic (exact) mass is 177 g/mol. The van der Waals surface area contributed by atoms with Crippen molar-refractivity contribution in [2.45, 2.75) is 32.4 Å². The molecule has 0 heterocycles. The number of thioether (sulfide) groups is 1. The van der Waals surface area contributed by atoms with E-state index in [9.17, 15) is 0 Å². The second kappa shape index (κ2) is 5.98. The van der Waals surface area contributed by atoms with Gasteiger partial charge in [0.2, 0.25) is 0 Å². The molecule has 0 fully saturated rings. The van der Waals surface area contributed by atoms with Crippen LogP contribution in [0.2, 0.25) is 0 Å². The first-order valence-corrected chi connectivity index (χ1v) is 4.94. The molecule has 0 aromatic carbocycles. The Morgan fingerprint density at radius 1 is 1.60 bits per heavy atom. The topological polar surface area (TPSA) is 12.0 Å². The number of thiocarbonyl (C=S) groups is 1. The van der Waals surface area contributed by atoms with Crippen molar-refractivity contribution in [3.05, 3.63) is 0 Å². The highest BCUT2D eigenvalue weighted by Gasteiger charge is 2.01. The van der Waals surface area contributed by atoms with Crippen molar-refractivity contribution < 1.29 is 0 Å². The zero-order valence-electron chi connectivity index (χ0n) is 6.81. The Bertz CT molecular complexity index is 104. The first-order valence-electron chi connectivity index (χ1n) is 3.65. The fourth-order valence-corrected chi connectivity index (χ4v) is 1.85. The summed E-state index contributed by atoms with van der Waals surface area (Å²) < 4.78 is 0.928. The van der Waals surface area contributed by atoms with Crippen LogP contribution in [0.4, 0.5) is 0 Å². The van der Waals surface area contributed by atoms with Gasteiger partial charge in [-0.05, 0) is 13.3 Å². The molecule has 0 saturated heterocycles. The van der Waals surface area contributed by atoms with Crippen molar-refractivity contribution in [2.24, 2.45) is 0 Å². The van der Waals surface area contributed by atoms with Crippen LogP contribution in [-0.4, -0.2) is 16.1 Å². The van der Waals surface area contributed by atoms with E-state index < -0.39 is 0 Å². The van der Waals surface area contributed by atoms with E-state index in [1.807, 2.05) is 0 Å². The third kappa shape index (κ3) is 5.06. The Morgan fingerprint density at radius 2 is 2.20 bits per heavy atom. The zero-order valence-corrected chi connectivity index (χ0v) is 8.44. The molecule has 0 saturated carbocycles. The van der Waals surface area contributed by atoms with Crippen molar-refractivity contribution in [1.82, 2.24) is 5.32 Å². The van der Waals surface area contributed by atoms with E-state index in [0.717, 1.165) is 10.9 Å². The Morgan fingerprint density at radius 3 is 2.60 bits per heavy atom. The quantitative estimate of drug-likeness (QED) is 0.665. The summed E-state index contributed by atoms with van der Waals surface area (Å²) in [7, 11) is 0. The van der Waals surface area contributed by atoms with E-state index in [-0.39, 0.29) is 0 Å². The summed E-state index contributed by atoms with van der Waals surface area (Å²) >= 11 is 6.79. The molecule has 0 rings (SSSR count). The molecule has 1 unspecified atom stereocenters. The van der Waals surface area contributed by atoms with E-state index in [0.29, 0.717) is 5.25 Å². The van der Waals surface area contributed by atoms with E-state index >= 15 is 0 Å². The molecular formula is C7H15NS2. The maximum Gasteiger partial charge on any atom is 0.134 e. The van der Waals surface area contributed by atoms with Crippen molar-refractivity contribution >= 4 is 28.3 Å². The van der Waals surface area contributed by atoms with Gasteiger partial charge < -0.3 is 5.32 Å². The van der Waals surface area contributed by atoms with Gasteiger partial charge in [-0.15, -0.1) is 0 Å². The van der Waals surface area contributed by atoms with Gasteiger partial charge in [-0.25, -0.2) is 0 Å². The Labute approximate surface area is 73.0 Å². The maximum atomic E-state index is 5.05. The number of rotatable bonds is 3. The second-order valence-electron chi connectivity index (χ2n) is 2.15. The van der Waals surface area contributed by atoms with Crippen LogP contribution in [0.5, 0.6) is 0 Å². The summed E-state index contributed by atoms with van der Waals surface area (Å²) in [5.41, 5.74) is 0. The summed E-state index contributed by atoms with van der Waals surface area (Å²) in [5, 5.41) is 3.75. The lowest BCUT2D eigenvalue weighted by Gasteiger charge is -2.08. The summed E-state index contributed by atoms with van der Waals surface area (Å²) in [6.45, 7) is 7.35. The smallest absolute Gasteiger partial charge is 0.134 e. The highest BCUT2D eigenvalue weighted by molar-refractivity contribution is 8.23. The first kappa shape index (κ1) is 10.2. The Kier molecular flexibility index (Phi) is 6.13. The van der Waals surface area contributed by atoms with E-state index in [2.05, 4.69) is 26.1 Å². The van der Waals surface area contributed by atoms with Crippen LogP contribution in [-0.2, 0) is 0 Å². The van der Waals surface area contributed by atoms with Gasteiger partial charge in [-0.1, -0.05) is 37.8 Å². The van der Waals surface area contributed by atoms with Crippen molar-refractivity contribution in [3.8, 4) is 0 Å². The lowest BCUT2D eigenvalue weighted by molar-refractivity contribution is 0.909. The molecule has 0 aromatic heterocycles. The second-order valence-corrected chi connectivity index (χ2v) is 4.27. The number of hydrogen-bond donors (Lipinski definition) is 1. The standard InChI is InChI=1S/C7H15NS2/c1-4-6(3)10-7(9)8-5-2/h6H,4-5H2,1-3H3,(H,8,9). The molecule has 1 nitrogen and oxygen atoms in total. The minimum absolute atomic E-state index is 0.645. The predicted molar refractivity (Wildman–Crippen MR) is 53.6 cm³/mol. The van der Waals surface area contributed by atoms with Gasteiger partial charge in [0.1, 0.15) is 4.32 Å². The predicted octanol–water partition coefficient (Wildman–Crippen LogP) is 2.41. The molecular weight excluding hydrogens is 162 g/mol. The van der Waals surface area contributed by atoms with Crippen molar-refractivity contribution in [2.75, 3.05) is 6.54 Å². The van der Waals surface area contributed by atoms with E-state index in [1.54, 1.807) is 11.8 Å². The van der Waals surface area contributed by atoms with Gasteiger partial charge in [-0.3, -0.25) is 0 Å². The summed E-state index contributed by atoms with van der Waals surface area (Å²) in [6, 6.07) is 0. The molecule has 0 aromatic rings. The lowest BCUT2D eigenvalue weighted by atomic mass is 10.4. The molecule has 0 spiro atoms. The number of hydrogen-bond acceptors (Lipinski definition) is 2. The molecule has 0 bridgehead atoms. The zero-order chi connectivity index (χ0) is 7.98. The average molecular weight is 177 g/mol. The summed E-state index contributed by atoms with van der Waals surface area (Å²) in [5.74, 6) is 0. The molecule has 0 aliphatic carbocycles. The van der Waals surface area contributed by atoms with Gasteiger partial charge in [0.05, 0.1) is 0 Å². The molecule has 10 heavy (non-hydrogen) atoms. The van der Waals surface area contributed by atoms with Gasteiger partial charge in [0.25, 0.3) is 0 Å². The fourth-order valence-electron chi connectivity index (χ4n) is 0.452. The van der Waals surface area contributed by atoms with Crippen molar-refractivity contribution in [1.29, 1.82) is 0 Å². The van der Waals surface area contributed by atoms with Crippen molar-refractivity contribution in [3.63, 3.8) is 0 Å². The highest BCUT2D eigenvalue weighted by atomic mass is 32.2. The summed E-state index contributed by atoms with van der Waals surface area (Å²) in [4.78, 5) is 0. The molecule has 3 heteroatoms. The van der Waals surface area contributed by atoms with Crippen LogP contribution < -0.4 is 5.32 Å². The average Bonchev–Trinajstić information content (AvgIpc) is 1.88. The largest absolute Gasteiger partial charge is 0.371 e. The molecule has 1 N–H and O–H groups in total. The third-order valence-corrected chi connectivity index (χ3v) is 2.73. The number of nitrogens with one attached hydrogen (secondary N) is 1. The van der Waals surface area contributed by atoms with Gasteiger partial charge >= 0.3 is 0 Å². The molecule has 60 valence electrons. The van der Waals surface area contributed by atoms with Crippen LogP contribution in [0.3, 0.4) is 0 Å². The van der Waals surface area contributed by atoms with Crippen LogP contribution in [0.1, 0.15) is 27.2 Å². The molecule has 0 radical (unpaired) electrons. The Balaban J connectivity index is 3.37. The van der Waals surface area contributed by atoms with Gasteiger partial charge in [0.15, 0.2) is 0 Å². The van der Waals surface area contributed by atoms with E-state index in [1.165, 1.54) is 6.42 Å². The SMILES string of the molecule is CCNC(=S)SC(C)CC. The van der Waals surface area contributed by atoms with Crippen LogP contribution in [0.25, 0.3) is 0 Å². The Hall–Kier alpha value is 0.240. The molecule has 0 amide bonds. The lowest BCUT2D eigenvalue weighted by Crippen LogP contribution is -2.19. The summed E-state index contributed by atoms with van der Waals surface area (Å²) in [6.07, 6.45) is 1.18. The minimum Gasteiger partial charge on any atom is -0.371 e. The van der Waals surface area contributed by atoms with Gasteiger partial charge in [-0.2, -0.15) is 0 Å². The normalized spacial score (nSPS) is 12.7. The maximum absolute atomic E-state index is 5.05. The van der Waals surface area contributed by atoms with Crippen LogP contribution >= 0.6 is 24.0 Å². The van der Waals surface area contributed by atoms with Crippen LogP contribution in [0.15, 0.2) is 0 Å². The minimum atomic E-state index is 0.645. The molecule has 0 aliphatic rings. The fraction of sp³-hybridized carbons (Fsp3) is 0.857. The van der Waals surface area contributed by atoms with E-state index in [4.69, 9.17) is 12.2 Å². The van der Waals surface area contributed by atoms with Gasteiger partial charge in [0, 0.05) is 11.8 Å². The van der Waals surface area contributed by atoms with Crippen LogP contribution in [0, 0.1) is 0 Å². The first-order chi connectivity index (χ1) is 4.70. The molecule has 0 aliphatic heterocycles. The third-order valence-electron chi connectivity index (χ3n) is 1.20. The molecule has 1 atom stereocenters. The highest BCUT2D eigenvalue weighted by Crippen LogP contribution is 2.13.